The number of hydrogen-bond donors (Lipinski definition) is 1. The summed E-state index contributed by atoms with van der Waals surface area (Å²) in [6, 6.07) is 13.1. The minimum absolute atomic E-state index is 0.0679. The predicted octanol–water partition coefficient (Wildman–Crippen LogP) is 2.81. The molecule has 2 aromatic rings. The Labute approximate surface area is 174 Å². The van der Waals surface area contributed by atoms with Gasteiger partial charge in [0.15, 0.2) is 5.79 Å². The Morgan fingerprint density at radius 3 is 2.62 bits per heavy atom. The third-order valence-electron chi connectivity index (χ3n) is 5.40. The molecule has 2 aromatic carbocycles. The van der Waals surface area contributed by atoms with Crippen LogP contribution in [0.5, 0.6) is 0 Å². The smallest absolute Gasteiger partial charge is 0.231 e. The van der Waals surface area contributed by atoms with Gasteiger partial charge < -0.3 is 19.7 Å². The maximum atomic E-state index is 12.3. The van der Waals surface area contributed by atoms with Crippen molar-refractivity contribution in [1.82, 2.24) is 5.32 Å². The van der Waals surface area contributed by atoms with Gasteiger partial charge >= 0.3 is 0 Å². The minimum atomic E-state index is -0.896. The molecule has 0 radical (unpaired) electrons. The fraction of sp³-hybridized carbons (Fsp3) is 0.364. The normalized spacial score (nSPS) is 17.4. The number of amides is 2. The highest BCUT2D eigenvalue weighted by Gasteiger charge is 2.39. The average molecular weight is 415 g/mol. The highest BCUT2D eigenvalue weighted by molar-refractivity contribution is 6.30. The maximum Gasteiger partial charge on any atom is 0.231 e. The molecule has 2 aliphatic heterocycles. The first-order valence-electron chi connectivity index (χ1n) is 9.66. The van der Waals surface area contributed by atoms with Gasteiger partial charge in [0.2, 0.25) is 11.8 Å². The number of nitrogens with zero attached hydrogens (tertiary/aromatic N) is 1. The molecule has 152 valence electrons. The van der Waals surface area contributed by atoms with E-state index in [1.165, 1.54) is 0 Å². The summed E-state index contributed by atoms with van der Waals surface area (Å²) in [5.41, 5.74) is 3.68. The molecule has 7 heteroatoms. The summed E-state index contributed by atoms with van der Waals surface area (Å²) < 4.78 is 11.9. The van der Waals surface area contributed by atoms with Crippen molar-refractivity contribution < 1.29 is 19.1 Å². The van der Waals surface area contributed by atoms with Crippen molar-refractivity contribution in [2.24, 2.45) is 0 Å². The molecule has 1 fully saturated rings. The summed E-state index contributed by atoms with van der Waals surface area (Å²) in [4.78, 5) is 25.9. The lowest BCUT2D eigenvalue weighted by Crippen LogP contribution is -2.34. The van der Waals surface area contributed by atoms with Gasteiger partial charge in [0.05, 0.1) is 26.1 Å². The van der Waals surface area contributed by atoms with Crippen LogP contribution in [0.4, 0.5) is 5.69 Å². The van der Waals surface area contributed by atoms with Gasteiger partial charge in [-0.1, -0.05) is 29.8 Å². The van der Waals surface area contributed by atoms with Gasteiger partial charge in [-0.3, -0.25) is 9.59 Å². The molecule has 2 aliphatic rings. The molecular weight excluding hydrogens is 392 g/mol. The number of hydrogen-bond acceptors (Lipinski definition) is 4. The first-order chi connectivity index (χ1) is 14.0. The molecule has 0 saturated carbocycles. The molecule has 0 aromatic heterocycles. The van der Waals surface area contributed by atoms with Crippen LogP contribution in [-0.4, -0.2) is 38.6 Å². The standard InChI is InChI=1S/C22H23ClN2O4/c1-25-19-7-4-17(13-16(19)14-21(25)27)22(28-10-11-29-22)8-9-24-20(26)12-15-2-5-18(23)6-3-15/h2-7,13H,8-12,14H2,1H3,(H,24,26). The third-order valence-corrected chi connectivity index (χ3v) is 5.66. The van der Waals surface area contributed by atoms with Crippen LogP contribution in [0.15, 0.2) is 42.5 Å². The van der Waals surface area contributed by atoms with E-state index >= 15 is 0 Å². The van der Waals surface area contributed by atoms with Crippen molar-refractivity contribution in [2.45, 2.75) is 25.0 Å². The van der Waals surface area contributed by atoms with Gasteiger partial charge in [0.1, 0.15) is 0 Å². The van der Waals surface area contributed by atoms with Gasteiger partial charge in [0, 0.05) is 36.3 Å². The number of carbonyl (C=O) groups is 2. The molecule has 1 N–H and O–H groups in total. The Morgan fingerprint density at radius 2 is 1.90 bits per heavy atom. The van der Waals surface area contributed by atoms with Gasteiger partial charge in [0.25, 0.3) is 0 Å². The molecule has 1 saturated heterocycles. The summed E-state index contributed by atoms with van der Waals surface area (Å²) in [6.45, 7) is 1.41. The Balaban J connectivity index is 1.40. The van der Waals surface area contributed by atoms with Gasteiger partial charge in [-0.15, -0.1) is 0 Å². The van der Waals surface area contributed by atoms with Crippen LogP contribution in [0.25, 0.3) is 0 Å². The SMILES string of the molecule is CN1C(=O)Cc2cc(C3(CCNC(=O)Cc4ccc(Cl)cc4)OCCO3)ccc21. The number of carbonyl (C=O) groups excluding carboxylic acids is 2. The van der Waals surface area contributed by atoms with Crippen LogP contribution >= 0.6 is 11.6 Å². The lowest BCUT2D eigenvalue weighted by molar-refractivity contribution is -0.170. The topological polar surface area (TPSA) is 67.9 Å². The molecule has 0 unspecified atom stereocenters. The van der Waals surface area contributed by atoms with E-state index in [1.807, 2.05) is 30.3 Å². The summed E-state index contributed by atoms with van der Waals surface area (Å²) >= 11 is 5.88. The van der Waals surface area contributed by atoms with Crippen molar-refractivity contribution in [3.05, 3.63) is 64.2 Å². The zero-order valence-corrected chi connectivity index (χ0v) is 17.0. The van der Waals surface area contributed by atoms with E-state index < -0.39 is 5.79 Å². The van der Waals surface area contributed by atoms with E-state index in [2.05, 4.69) is 5.32 Å². The van der Waals surface area contributed by atoms with Crippen molar-refractivity contribution in [3.8, 4) is 0 Å². The number of fused-ring (bicyclic) bond motifs is 1. The number of anilines is 1. The lowest BCUT2D eigenvalue weighted by Gasteiger charge is -2.28. The van der Waals surface area contributed by atoms with Crippen LogP contribution in [-0.2, 0) is 37.7 Å². The largest absolute Gasteiger partial charge is 0.356 e. The highest BCUT2D eigenvalue weighted by Crippen LogP contribution is 2.38. The van der Waals surface area contributed by atoms with Gasteiger partial charge in [-0.05, 0) is 35.4 Å². The number of likely N-dealkylation sites (N-methyl/N-ethyl adjacent to an activating group) is 1. The maximum absolute atomic E-state index is 12.3. The fourth-order valence-corrected chi connectivity index (χ4v) is 3.96. The van der Waals surface area contributed by atoms with Crippen molar-refractivity contribution in [1.29, 1.82) is 0 Å². The minimum Gasteiger partial charge on any atom is -0.356 e. The van der Waals surface area contributed by atoms with E-state index in [1.54, 1.807) is 24.1 Å². The number of rotatable bonds is 6. The van der Waals surface area contributed by atoms with Gasteiger partial charge in [-0.25, -0.2) is 0 Å². The van der Waals surface area contributed by atoms with Crippen molar-refractivity contribution >= 4 is 29.1 Å². The van der Waals surface area contributed by atoms with E-state index in [9.17, 15) is 9.59 Å². The van der Waals surface area contributed by atoms with E-state index in [0.717, 1.165) is 22.4 Å². The Hall–Kier alpha value is -2.41. The molecule has 4 rings (SSSR count). The predicted molar refractivity (Wildman–Crippen MR) is 110 cm³/mol. The second kappa shape index (κ2) is 8.14. The van der Waals surface area contributed by atoms with Crippen LogP contribution in [0, 0.1) is 0 Å². The first-order valence-corrected chi connectivity index (χ1v) is 10.0. The lowest BCUT2D eigenvalue weighted by atomic mass is 9.98. The first kappa shape index (κ1) is 19.9. The number of benzene rings is 2. The van der Waals surface area contributed by atoms with Gasteiger partial charge in [-0.2, -0.15) is 0 Å². The second-order valence-electron chi connectivity index (χ2n) is 7.33. The fourth-order valence-electron chi connectivity index (χ4n) is 3.83. The quantitative estimate of drug-likeness (QED) is 0.789. The van der Waals surface area contributed by atoms with E-state index in [0.29, 0.717) is 44.0 Å². The Kier molecular flexibility index (Phi) is 5.58. The molecule has 0 bridgehead atoms. The average Bonchev–Trinajstić information content (AvgIpc) is 3.29. The number of halogens is 1. The summed E-state index contributed by atoms with van der Waals surface area (Å²) in [5, 5.41) is 3.59. The zero-order chi connectivity index (χ0) is 20.4. The zero-order valence-electron chi connectivity index (χ0n) is 16.2. The van der Waals surface area contributed by atoms with E-state index in [-0.39, 0.29) is 11.8 Å². The molecule has 0 atom stereocenters. The third kappa shape index (κ3) is 4.15. The molecule has 6 nitrogen and oxygen atoms in total. The monoisotopic (exact) mass is 414 g/mol. The van der Waals surface area contributed by atoms with Crippen LogP contribution in [0.3, 0.4) is 0 Å². The van der Waals surface area contributed by atoms with Crippen LogP contribution in [0.1, 0.15) is 23.1 Å². The van der Waals surface area contributed by atoms with Crippen molar-refractivity contribution in [2.75, 3.05) is 31.7 Å². The summed E-state index contributed by atoms with van der Waals surface area (Å²) in [7, 11) is 1.78. The van der Waals surface area contributed by atoms with Crippen LogP contribution in [0.2, 0.25) is 5.02 Å². The number of ether oxygens (including phenoxy) is 2. The molecule has 2 heterocycles. The molecule has 0 aliphatic carbocycles. The molecule has 2 amide bonds. The highest BCUT2D eigenvalue weighted by atomic mass is 35.5. The molecule has 0 spiro atoms. The summed E-state index contributed by atoms with van der Waals surface area (Å²) in [5.74, 6) is -0.886. The van der Waals surface area contributed by atoms with E-state index in [4.69, 9.17) is 21.1 Å². The Bertz CT molecular complexity index is 923. The number of nitrogens with one attached hydrogen (secondary N) is 1. The summed E-state index contributed by atoms with van der Waals surface area (Å²) in [6.07, 6.45) is 1.16. The molecule has 29 heavy (non-hydrogen) atoms. The Morgan fingerprint density at radius 1 is 1.17 bits per heavy atom. The van der Waals surface area contributed by atoms with Crippen molar-refractivity contribution in [3.63, 3.8) is 0 Å². The van der Waals surface area contributed by atoms with Crippen LogP contribution < -0.4 is 10.2 Å². The second-order valence-corrected chi connectivity index (χ2v) is 7.76. The molecular formula is C22H23ClN2O4.